The normalized spacial score (nSPS) is 25.2. The Kier molecular flexibility index (Phi) is 3.30. The number of oxazole rings is 1. The van der Waals surface area contributed by atoms with Crippen LogP contribution in [0.4, 0.5) is 0 Å². The largest absolute Gasteiger partial charge is 0.442 e. The summed E-state index contributed by atoms with van der Waals surface area (Å²) in [6.07, 6.45) is 3.87. The molecule has 4 nitrogen and oxygen atoms in total. The van der Waals surface area contributed by atoms with Gasteiger partial charge >= 0.3 is 0 Å². The van der Waals surface area contributed by atoms with Crippen molar-refractivity contribution in [3.63, 3.8) is 0 Å². The first-order valence-electron chi connectivity index (χ1n) is 5.96. The first kappa shape index (κ1) is 11.6. The van der Waals surface area contributed by atoms with Crippen molar-refractivity contribution in [1.82, 2.24) is 4.98 Å². The minimum absolute atomic E-state index is 0.314. The highest BCUT2D eigenvalue weighted by Gasteiger charge is 2.37. The van der Waals surface area contributed by atoms with Crippen molar-refractivity contribution >= 4 is 0 Å². The van der Waals surface area contributed by atoms with Crippen molar-refractivity contribution in [2.75, 3.05) is 13.2 Å². The molecule has 0 bridgehead atoms. The number of ether oxygens (including phenoxy) is 1. The number of aromatic nitrogens is 1. The maximum atomic E-state index is 5.81. The summed E-state index contributed by atoms with van der Waals surface area (Å²) in [4.78, 5) is 4.48. The van der Waals surface area contributed by atoms with Crippen molar-refractivity contribution in [1.29, 1.82) is 0 Å². The zero-order valence-electron chi connectivity index (χ0n) is 10.1. The summed E-state index contributed by atoms with van der Waals surface area (Å²) in [6, 6.07) is 0. The summed E-state index contributed by atoms with van der Waals surface area (Å²) >= 11 is 0. The van der Waals surface area contributed by atoms with Gasteiger partial charge in [-0.15, -0.1) is 0 Å². The van der Waals surface area contributed by atoms with Crippen LogP contribution in [0.3, 0.4) is 0 Å². The first-order valence-corrected chi connectivity index (χ1v) is 5.96. The van der Waals surface area contributed by atoms with Crippen molar-refractivity contribution in [3.8, 4) is 0 Å². The lowest BCUT2D eigenvalue weighted by Crippen LogP contribution is -2.20. The van der Waals surface area contributed by atoms with Crippen LogP contribution < -0.4 is 5.73 Å². The van der Waals surface area contributed by atoms with Gasteiger partial charge in [0.1, 0.15) is 11.4 Å². The third-order valence-electron chi connectivity index (χ3n) is 3.17. The molecule has 4 heteroatoms. The molecule has 2 N–H and O–H groups in total. The summed E-state index contributed by atoms with van der Waals surface area (Å²) < 4.78 is 11.5. The number of nitrogens with two attached hydrogens (primary N) is 1. The molecule has 2 rings (SSSR count). The fraction of sp³-hybridized carbons (Fsp3) is 0.750. The molecule has 1 unspecified atom stereocenters. The highest BCUT2D eigenvalue weighted by atomic mass is 16.5. The van der Waals surface area contributed by atoms with E-state index in [1.807, 2.05) is 6.92 Å². The van der Waals surface area contributed by atoms with Crippen LogP contribution in [0, 0.1) is 6.92 Å². The lowest BCUT2D eigenvalue weighted by molar-refractivity contribution is -0.00606. The van der Waals surface area contributed by atoms with E-state index in [4.69, 9.17) is 14.9 Å². The molecule has 1 fully saturated rings. The lowest BCUT2D eigenvalue weighted by atomic mass is 10.0. The number of aryl methyl sites for hydroxylation is 2. The average Bonchev–Trinajstić information content (AvgIpc) is 2.84. The maximum Gasteiger partial charge on any atom is 0.226 e. The van der Waals surface area contributed by atoms with E-state index >= 15 is 0 Å². The highest BCUT2D eigenvalue weighted by Crippen LogP contribution is 2.35. The highest BCUT2D eigenvalue weighted by molar-refractivity contribution is 5.12. The van der Waals surface area contributed by atoms with E-state index in [2.05, 4.69) is 11.9 Å². The monoisotopic (exact) mass is 224 g/mol. The topological polar surface area (TPSA) is 61.3 Å². The second-order valence-electron chi connectivity index (χ2n) is 4.60. The molecule has 0 aliphatic carbocycles. The second-order valence-corrected chi connectivity index (χ2v) is 4.60. The molecule has 1 aliphatic rings. The fourth-order valence-corrected chi connectivity index (χ4v) is 2.10. The Morgan fingerprint density at radius 1 is 1.50 bits per heavy atom. The van der Waals surface area contributed by atoms with Gasteiger partial charge in [0.15, 0.2) is 0 Å². The van der Waals surface area contributed by atoms with E-state index in [-0.39, 0.29) is 5.60 Å². The minimum atomic E-state index is -0.314. The molecule has 1 aromatic heterocycles. The summed E-state index contributed by atoms with van der Waals surface area (Å²) in [5, 5.41) is 0. The Morgan fingerprint density at radius 3 is 2.94 bits per heavy atom. The third-order valence-corrected chi connectivity index (χ3v) is 3.17. The van der Waals surface area contributed by atoms with Gasteiger partial charge in [0.05, 0.1) is 5.69 Å². The molecule has 0 saturated carbocycles. The molecule has 0 spiro atoms. The van der Waals surface area contributed by atoms with Crippen LogP contribution in [0.25, 0.3) is 0 Å². The van der Waals surface area contributed by atoms with Crippen LogP contribution in [0.1, 0.15) is 43.5 Å². The smallest absolute Gasteiger partial charge is 0.226 e. The SMILES string of the molecule is Cc1nc(C2(C)CCCO2)oc1CCCN. The molecule has 0 radical (unpaired) electrons. The van der Waals surface area contributed by atoms with Gasteiger partial charge in [0, 0.05) is 13.0 Å². The Morgan fingerprint density at radius 2 is 2.31 bits per heavy atom. The molecular formula is C12H20N2O2. The predicted octanol–water partition coefficient (Wildman–Crippen LogP) is 1.90. The summed E-state index contributed by atoms with van der Waals surface area (Å²) in [7, 11) is 0. The van der Waals surface area contributed by atoms with Gasteiger partial charge in [0.2, 0.25) is 5.89 Å². The summed E-state index contributed by atoms with van der Waals surface area (Å²) in [5.74, 6) is 1.69. The van der Waals surface area contributed by atoms with E-state index in [9.17, 15) is 0 Å². The van der Waals surface area contributed by atoms with Crippen LogP contribution in [0.15, 0.2) is 4.42 Å². The quantitative estimate of drug-likeness (QED) is 0.848. The molecular weight excluding hydrogens is 204 g/mol. The van der Waals surface area contributed by atoms with Crippen molar-refractivity contribution < 1.29 is 9.15 Å². The molecule has 1 aliphatic heterocycles. The number of hydrogen-bond donors (Lipinski definition) is 1. The van der Waals surface area contributed by atoms with Gasteiger partial charge in [-0.1, -0.05) is 0 Å². The van der Waals surface area contributed by atoms with Crippen molar-refractivity contribution in [3.05, 3.63) is 17.3 Å². The van der Waals surface area contributed by atoms with E-state index in [0.29, 0.717) is 6.54 Å². The zero-order chi connectivity index (χ0) is 11.6. The average molecular weight is 224 g/mol. The number of rotatable bonds is 4. The van der Waals surface area contributed by atoms with Crippen LogP contribution in [-0.4, -0.2) is 18.1 Å². The number of nitrogens with zero attached hydrogens (tertiary/aromatic N) is 1. The molecule has 1 aromatic rings. The molecule has 16 heavy (non-hydrogen) atoms. The number of hydrogen-bond acceptors (Lipinski definition) is 4. The van der Waals surface area contributed by atoms with Gasteiger partial charge < -0.3 is 14.9 Å². The van der Waals surface area contributed by atoms with Crippen LogP contribution in [-0.2, 0) is 16.8 Å². The van der Waals surface area contributed by atoms with Crippen LogP contribution in [0.5, 0.6) is 0 Å². The second kappa shape index (κ2) is 4.55. The van der Waals surface area contributed by atoms with E-state index in [0.717, 1.165) is 49.6 Å². The summed E-state index contributed by atoms with van der Waals surface area (Å²) in [5.41, 5.74) is 6.15. The van der Waals surface area contributed by atoms with Gasteiger partial charge in [-0.05, 0) is 39.7 Å². The fourth-order valence-electron chi connectivity index (χ4n) is 2.10. The zero-order valence-corrected chi connectivity index (χ0v) is 10.1. The standard InChI is InChI=1S/C12H20N2O2/c1-9-10(5-3-7-13)16-11(14-9)12(2)6-4-8-15-12/h3-8,13H2,1-2H3. The maximum absolute atomic E-state index is 5.81. The van der Waals surface area contributed by atoms with E-state index in [1.54, 1.807) is 0 Å². The molecule has 1 atom stereocenters. The Bertz CT molecular complexity index is 354. The molecule has 0 aromatic carbocycles. The Labute approximate surface area is 96.2 Å². The minimum Gasteiger partial charge on any atom is -0.442 e. The molecule has 90 valence electrons. The van der Waals surface area contributed by atoms with Crippen molar-refractivity contribution in [2.24, 2.45) is 5.73 Å². The van der Waals surface area contributed by atoms with Gasteiger partial charge in [-0.25, -0.2) is 4.98 Å². The van der Waals surface area contributed by atoms with Crippen LogP contribution >= 0.6 is 0 Å². The summed E-state index contributed by atoms with van der Waals surface area (Å²) in [6.45, 7) is 5.52. The molecule has 1 saturated heterocycles. The first-order chi connectivity index (χ1) is 7.65. The molecule has 2 heterocycles. The molecule has 0 amide bonds. The van der Waals surface area contributed by atoms with Gasteiger partial charge in [0.25, 0.3) is 0 Å². The predicted molar refractivity (Wildman–Crippen MR) is 61.2 cm³/mol. The van der Waals surface area contributed by atoms with Gasteiger partial charge in [-0.2, -0.15) is 0 Å². The van der Waals surface area contributed by atoms with Crippen molar-refractivity contribution in [2.45, 2.75) is 45.1 Å². The third kappa shape index (κ3) is 2.13. The Hall–Kier alpha value is -0.870. The lowest BCUT2D eigenvalue weighted by Gasteiger charge is -2.18. The van der Waals surface area contributed by atoms with E-state index < -0.39 is 0 Å². The van der Waals surface area contributed by atoms with Crippen LogP contribution in [0.2, 0.25) is 0 Å². The van der Waals surface area contributed by atoms with E-state index in [1.165, 1.54) is 0 Å². The van der Waals surface area contributed by atoms with Gasteiger partial charge in [-0.3, -0.25) is 0 Å². The Balaban J connectivity index is 2.16.